The van der Waals surface area contributed by atoms with Crippen molar-refractivity contribution in [2.45, 2.75) is 10.4 Å². The number of alkyl halides is 3. The lowest BCUT2D eigenvalue weighted by atomic mass is 10.2. The quantitative estimate of drug-likeness (QED) is 0.748. The van der Waals surface area contributed by atoms with Crippen molar-refractivity contribution in [3.8, 4) is 11.3 Å². The molecule has 0 amide bonds. The number of benzene rings is 1. The smallest absolute Gasteiger partial charge is 0.431 e. The molecule has 0 atom stereocenters. The summed E-state index contributed by atoms with van der Waals surface area (Å²) in [7, 11) is 0. The molecule has 0 unspecified atom stereocenters. The normalized spacial score (nSPS) is 11.8. The monoisotopic (exact) mass is 323 g/mol. The largest absolute Gasteiger partial charge is 0.446 e. The van der Waals surface area contributed by atoms with Gasteiger partial charge in [-0.2, -0.15) is 13.2 Å². The van der Waals surface area contributed by atoms with Crippen LogP contribution in [0.3, 0.4) is 0 Å². The SMILES string of the molecule is FC(F)(F)Sc1ccc(-c2cnc(Br)o2)cc1. The number of oxazole rings is 1. The lowest BCUT2D eigenvalue weighted by molar-refractivity contribution is -0.0328. The third-order valence-corrected chi connectivity index (χ3v) is 2.96. The number of hydrogen-bond acceptors (Lipinski definition) is 3. The Morgan fingerprint density at radius 1 is 1.18 bits per heavy atom. The second kappa shape index (κ2) is 4.73. The van der Waals surface area contributed by atoms with Crippen LogP contribution in [-0.2, 0) is 0 Å². The molecule has 0 aliphatic rings. The first-order chi connectivity index (χ1) is 7.94. The van der Waals surface area contributed by atoms with E-state index >= 15 is 0 Å². The molecule has 2 aromatic rings. The molecular formula is C10H5BrF3NOS. The van der Waals surface area contributed by atoms with E-state index in [1.807, 2.05) is 0 Å². The van der Waals surface area contributed by atoms with E-state index in [1.54, 1.807) is 12.1 Å². The number of aromatic nitrogens is 1. The van der Waals surface area contributed by atoms with Gasteiger partial charge in [-0.25, -0.2) is 4.98 Å². The molecule has 1 heterocycles. The maximum absolute atomic E-state index is 12.1. The maximum atomic E-state index is 12.1. The minimum atomic E-state index is -4.27. The Hall–Kier alpha value is -0.950. The van der Waals surface area contributed by atoms with Crippen LogP contribution < -0.4 is 0 Å². The first kappa shape index (κ1) is 12.5. The average Bonchev–Trinajstić information content (AvgIpc) is 2.63. The van der Waals surface area contributed by atoms with Crippen LogP contribution in [0.25, 0.3) is 11.3 Å². The molecule has 2 rings (SSSR count). The minimum Gasteiger partial charge on any atom is -0.431 e. The van der Waals surface area contributed by atoms with E-state index in [9.17, 15) is 13.2 Å². The van der Waals surface area contributed by atoms with Gasteiger partial charge in [-0.1, -0.05) is 12.1 Å². The zero-order valence-electron chi connectivity index (χ0n) is 8.16. The molecule has 0 aliphatic carbocycles. The van der Waals surface area contributed by atoms with E-state index in [0.717, 1.165) is 0 Å². The Bertz CT molecular complexity index is 509. The van der Waals surface area contributed by atoms with Gasteiger partial charge in [-0.05, 0) is 23.9 Å². The first-order valence-corrected chi connectivity index (χ1v) is 6.02. The second-order valence-corrected chi connectivity index (χ2v) is 4.87. The van der Waals surface area contributed by atoms with Gasteiger partial charge < -0.3 is 4.42 Å². The summed E-state index contributed by atoms with van der Waals surface area (Å²) >= 11 is 2.91. The molecular weight excluding hydrogens is 319 g/mol. The Labute approximate surface area is 107 Å². The van der Waals surface area contributed by atoms with Crippen LogP contribution in [0.5, 0.6) is 0 Å². The molecule has 2 nitrogen and oxygen atoms in total. The molecule has 17 heavy (non-hydrogen) atoms. The summed E-state index contributed by atoms with van der Waals surface area (Å²) in [4.78, 5) is 4.31. The topological polar surface area (TPSA) is 26.0 Å². The van der Waals surface area contributed by atoms with E-state index in [0.29, 0.717) is 16.1 Å². The van der Waals surface area contributed by atoms with E-state index in [-0.39, 0.29) is 16.7 Å². The zero-order valence-corrected chi connectivity index (χ0v) is 10.6. The Morgan fingerprint density at radius 2 is 1.82 bits per heavy atom. The number of nitrogens with zero attached hydrogens (tertiary/aromatic N) is 1. The highest BCUT2D eigenvalue weighted by molar-refractivity contribution is 9.10. The van der Waals surface area contributed by atoms with Gasteiger partial charge >= 0.3 is 5.51 Å². The molecule has 0 spiro atoms. The average molecular weight is 324 g/mol. The molecule has 0 saturated heterocycles. The van der Waals surface area contributed by atoms with Crippen LogP contribution in [0.1, 0.15) is 0 Å². The van der Waals surface area contributed by atoms with Gasteiger partial charge in [0.05, 0.1) is 6.20 Å². The highest BCUT2D eigenvalue weighted by atomic mass is 79.9. The summed E-state index contributed by atoms with van der Waals surface area (Å²) in [5, 5.41) is 0. The van der Waals surface area contributed by atoms with Crippen molar-refractivity contribution in [1.82, 2.24) is 4.98 Å². The van der Waals surface area contributed by atoms with Crippen LogP contribution in [-0.4, -0.2) is 10.5 Å². The fourth-order valence-electron chi connectivity index (χ4n) is 1.21. The molecule has 1 aromatic carbocycles. The zero-order chi connectivity index (χ0) is 12.5. The molecule has 0 saturated carbocycles. The Kier molecular flexibility index (Phi) is 3.48. The predicted octanol–water partition coefficient (Wildman–Crippen LogP) is 4.72. The highest BCUT2D eigenvalue weighted by Gasteiger charge is 2.29. The molecule has 7 heteroatoms. The van der Waals surface area contributed by atoms with Crippen molar-refractivity contribution in [2.75, 3.05) is 0 Å². The number of thioether (sulfide) groups is 1. The lowest BCUT2D eigenvalue weighted by Crippen LogP contribution is -1.98. The van der Waals surface area contributed by atoms with E-state index in [4.69, 9.17) is 4.42 Å². The molecule has 0 N–H and O–H groups in total. The van der Waals surface area contributed by atoms with Gasteiger partial charge in [0.2, 0.25) is 0 Å². The lowest BCUT2D eigenvalue weighted by Gasteiger charge is -2.05. The fourth-order valence-corrected chi connectivity index (χ4v) is 2.02. The number of rotatable bonds is 2. The number of halogens is 4. The molecule has 90 valence electrons. The standard InChI is InChI=1S/C10H5BrF3NOS/c11-9-15-5-8(16-9)6-1-3-7(4-2-6)17-10(12,13)14/h1-5H. The Balaban J connectivity index is 2.19. The third kappa shape index (κ3) is 3.50. The van der Waals surface area contributed by atoms with Gasteiger partial charge in [0.15, 0.2) is 5.76 Å². The van der Waals surface area contributed by atoms with Crippen LogP contribution >= 0.6 is 27.7 Å². The Morgan fingerprint density at radius 3 is 2.29 bits per heavy atom. The molecule has 0 radical (unpaired) electrons. The highest BCUT2D eigenvalue weighted by Crippen LogP contribution is 2.37. The molecule has 0 aliphatic heterocycles. The summed E-state index contributed by atoms with van der Waals surface area (Å²) in [5.41, 5.74) is -3.59. The third-order valence-electron chi connectivity index (χ3n) is 1.85. The van der Waals surface area contributed by atoms with Crippen LogP contribution in [0.2, 0.25) is 0 Å². The predicted molar refractivity (Wildman–Crippen MR) is 61.6 cm³/mol. The van der Waals surface area contributed by atoms with Crippen molar-refractivity contribution in [2.24, 2.45) is 0 Å². The van der Waals surface area contributed by atoms with Crippen LogP contribution in [0.4, 0.5) is 13.2 Å². The number of hydrogen-bond donors (Lipinski definition) is 0. The minimum absolute atomic E-state index is 0.139. The fraction of sp³-hybridized carbons (Fsp3) is 0.100. The summed E-state index contributed by atoms with van der Waals surface area (Å²) in [6.07, 6.45) is 1.50. The first-order valence-electron chi connectivity index (χ1n) is 4.41. The van der Waals surface area contributed by atoms with Gasteiger partial charge in [-0.15, -0.1) is 0 Å². The summed E-state index contributed by atoms with van der Waals surface area (Å²) in [6.45, 7) is 0. The van der Waals surface area contributed by atoms with Gasteiger partial charge in [-0.3, -0.25) is 0 Å². The summed E-state index contributed by atoms with van der Waals surface area (Å²) < 4.78 is 41.5. The molecule has 1 aromatic heterocycles. The van der Waals surface area contributed by atoms with E-state index < -0.39 is 5.51 Å². The van der Waals surface area contributed by atoms with Crippen molar-refractivity contribution < 1.29 is 17.6 Å². The van der Waals surface area contributed by atoms with Crippen molar-refractivity contribution in [3.63, 3.8) is 0 Å². The van der Waals surface area contributed by atoms with Crippen molar-refractivity contribution in [1.29, 1.82) is 0 Å². The van der Waals surface area contributed by atoms with Crippen molar-refractivity contribution >= 4 is 27.7 Å². The van der Waals surface area contributed by atoms with Crippen LogP contribution in [0, 0.1) is 0 Å². The maximum Gasteiger partial charge on any atom is 0.446 e. The second-order valence-electron chi connectivity index (χ2n) is 3.05. The van der Waals surface area contributed by atoms with Crippen LogP contribution in [0.15, 0.2) is 44.6 Å². The van der Waals surface area contributed by atoms with Crippen molar-refractivity contribution in [3.05, 3.63) is 35.3 Å². The molecule has 0 bridgehead atoms. The summed E-state index contributed by atoms with van der Waals surface area (Å²) in [6, 6.07) is 5.90. The molecule has 0 fully saturated rings. The van der Waals surface area contributed by atoms with Gasteiger partial charge in [0.1, 0.15) is 0 Å². The summed E-state index contributed by atoms with van der Waals surface area (Å²) in [5.74, 6) is 0.500. The van der Waals surface area contributed by atoms with Gasteiger partial charge in [0, 0.05) is 26.4 Å². The van der Waals surface area contributed by atoms with E-state index in [2.05, 4.69) is 20.9 Å². The van der Waals surface area contributed by atoms with Gasteiger partial charge in [0.25, 0.3) is 4.80 Å². The van der Waals surface area contributed by atoms with E-state index in [1.165, 1.54) is 18.3 Å².